The van der Waals surface area contributed by atoms with Crippen LogP contribution in [-0.2, 0) is 4.79 Å². The van der Waals surface area contributed by atoms with E-state index in [2.05, 4.69) is 36.9 Å². The molecular formula is C16H24N2O2. The second-order valence-corrected chi connectivity index (χ2v) is 6.06. The summed E-state index contributed by atoms with van der Waals surface area (Å²) in [4.78, 5) is 16.0. The number of carbonyl (C=O) groups is 1. The van der Waals surface area contributed by atoms with Crippen LogP contribution in [0.15, 0.2) is 18.2 Å². The molecule has 0 spiro atoms. The number of anilines is 1. The van der Waals surface area contributed by atoms with E-state index in [0.29, 0.717) is 0 Å². The van der Waals surface area contributed by atoms with Crippen molar-refractivity contribution < 1.29 is 9.53 Å². The van der Waals surface area contributed by atoms with Gasteiger partial charge in [-0.1, -0.05) is 6.07 Å². The van der Waals surface area contributed by atoms with Crippen LogP contribution in [0.5, 0.6) is 5.75 Å². The molecule has 0 atom stereocenters. The van der Waals surface area contributed by atoms with E-state index in [1.165, 1.54) is 0 Å². The summed E-state index contributed by atoms with van der Waals surface area (Å²) in [5, 5.41) is 0. The smallest absolute Gasteiger partial charge is 0.220 e. The fourth-order valence-corrected chi connectivity index (χ4v) is 2.96. The summed E-state index contributed by atoms with van der Waals surface area (Å²) in [5.74, 6) is 1.06. The first-order valence-electron chi connectivity index (χ1n) is 7.03. The molecule has 1 saturated heterocycles. The molecule has 1 heterocycles. The molecule has 0 radical (unpaired) electrons. The molecule has 0 aliphatic carbocycles. The molecule has 110 valence electrons. The predicted octanol–water partition coefficient (Wildman–Crippen LogP) is 2.45. The second-order valence-electron chi connectivity index (χ2n) is 6.06. The highest BCUT2D eigenvalue weighted by molar-refractivity contribution is 5.74. The summed E-state index contributed by atoms with van der Waals surface area (Å²) < 4.78 is 5.40. The molecule has 4 heteroatoms. The maximum Gasteiger partial charge on any atom is 0.220 e. The molecule has 2 rings (SSSR count). The second kappa shape index (κ2) is 5.35. The molecule has 1 aliphatic heterocycles. The Morgan fingerprint density at radius 1 is 1.30 bits per heavy atom. The van der Waals surface area contributed by atoms with Gasteiger partial charge in [0.25, 0.3) is 0 Å². The first-order chi connectivity index (χ1) is 9.35. The maximum atomic E-state index is 11.7. The van der Waals surface area contributed by atoms with E-state index in [4.69, 9.17) is 4.74 Å². The highest BCUT2D eigenvalue weighted by Gasteiger charge is 2.35. The van der Waals surface area contributed by atoms with Crippen LogP contribution in [0, 0.1) is 6.92 Å². The Labute approximate surface area is 121 Å². The summed E-state index contributed by atoms with van der Waals surface area (Å²) >= 11 is 0. The molecule has 1 fully saturated rings. The summed E-state index contributed by atoms with van der Waals surface area (Å²) in [6.45, 7) is 10.4. The van der Waals surface area contributed by atoms with Crippen LogP contribution < -0.4 is 9.64 Å². The number of methoxy groups -OCH3 is 1. The van der Waals surface area contributed by atoms with Gasteiger partial charge in [0.15, 0.2) is 0 Å². The topological polar surface area (TPSA) is 32.8 Å². The van der Waals surface area contributed by atoms with E-state index in [0.717, 1.165) is 36.6 Å². The average molecular weight is 276 g/mol. The number of rotatable bonds is 2. The molecule has 1 aliphatic rings. The van der Waals surface area contributed by atoms with Gasteiger partial charge in [-0.25, -0.2) is 0 Å². The monoisotopic (exact) mass is 276 g/mol. The molecule has 0 unspecified atom stereocenters. The van der Waals surface area contributed by atoms with Crippen LogP contribution in [0.2, 0.25) is 0 Å². The van der Waals surface area contributed by atoms with Gasteiger partial charge in [-0.3, -0.25) is 4.79 Å². The maximum absolute atomic E-state index is 11.7. The normalized spacial score (nSPS) is 18.1. The minimum atomic E-state index is -0.151. The van der Waals surface area contributed by atoms with E-state index >= 15 is 0 Å². The lowest BCUT2D eigenvalue weighted by Crippen LogP contribution is -2.60. The molecular weight excluding hydrogens is 252 g/mol. The molecule has 20 heavy (non-hydrogen) atoms. The van der Waals surface area contributed by atoms with Gasteiger partial charge in [0, 0.05) is 38.3 Å². The van der Waals surface area contributed by atoms with Gasteiger partial charge in [-0.05, 0) is 32.4 Å². The van der Waals surface area contributed by atoms with E-state index in [1.807, 2.05) is 11.8 Å². The quantitative estimate of drug-likeness (QED) is 0.832. The van der Waals surface area contributed by atoms with Crippen molar-refractivity contribution >= 4 is 11.6 Å². The van der Waals surface area contributed by atoms with Crippen molar-refractivity contribution in [3.05, 3.63) is 23.8 Å². The third-order valence-corrected chi connectivity index (χ3v) is 4.04. The van der Waals surface area contributed by atoms with Gasteiger partial charge in [0.05, 0.1) is 12.6 Å². The van der Waals surface area contributed by atoms with Crippen LogP contribution in [-0.4, -0.2) is 43.1 Å². The van der Waals surface area contributed by atoms with E-state index in [-0.39, 0.29) is 11.4 Å². The molecule has 4 nitrogen and oxygen atoms in total. The van der Waals surface area contributed by atoms with Crippen molar-refractivity contribution in [3.8, 4) is 5.75 Å². The van der Waals surface area contributed by atoms with E-state index < -0.39 is 0 Å². The standard InChI is InChI=1S/C16H24N2O2/c1-12-6-7-14(10-15(12)20-5)17-8-9-18(13(2)19)16(3,4)11-17/h6-7,10H,8-9,11H2,1-5H3. The molecule has 0 saturated carbocycles. The first-order valence-corrected chi connectivity index (χ1v) is 7.03. The van der Waals surface area contributed by atoms with E-state index in [1.54, 1.807) is 14.0 Å². The average Bonchev–Trinajstić information content (AvgIpc) is 2.37. The van der Waals surface area contributed by atoms with Crippen LogP contribution in [0.1, 0.15) is 26.3 Å². The predicted molar refractivity (Wildman–Crippen MR) is 81.4 cm³/mol. The number of hydrogen-bond acceptors (Lipinski definition) is 3. The van der Waals surface area contributed by atoms with Crippen molar-refractivity contribution in [2.75, 3.05) is 31.6 Å². The van der Waals surface area contributed by atoms with Crippen molar-refractivity contribution in [1.82, 2.24) is 4.90 Å². The highest BCUT2D eigenvalue weighted by atomic mass is 16.5. The lowest BCUT2D eigenvalue weighted by molar-refractivity contribution is -0.134. The Morgan fingerprint density at radius 2 is 2.00 bits per heavy atom. The van der Waals surface area contributed by atoms with Crippen molar-refractivity contribution in [2.24, 2.45) is 0 Å². The Bertz CT molecular complexity index is 511. The van der Waals surface area contributed by atoms with Crippen LogP contribution in [0.25, 0.3) is 0 Å². The van der Waals surface area contributed by atoms with Crippen LogP contribution >= 0.6 is 0 Å². The van der Waals surface area contributed by atoms with Crippen molar-refractivity contribution in [3.63, 3.8) is 0 Å². The zero-order chi connectivity index (χ0) is 14.9. The molecule has 0 bridgehead atoms. The number of benzene rings is 1. The van der Waals surface area contributed by atoms with Gasteiger partial charge in [0.1, 0.15) is 5.75 Å². The van der Waals surface area contributed by atoms with Gasteiger partial charge in [0.2, 0.25) is 5.91 Å². The molecule has 1 aromatic carbocycles. The first kappa shape index (κ1) is 14.7. The summed E-state index contributed by atoms with van der Waals surface area (Å²) in [5.41, 5.74) is 2.14. The Morgan fingerprint density at radius 3 is 2.55 bits per heavy atom. The highest BCUT2D eigenvalue weighted by Crippen LogP contribution is 2.29. The molecule has 0 aromatic heterocycles. The number of piperazine rings is 1. The number of aryl methyl sites for hydroxylation is 1. The summed E-state index contributed by atoms with van der Waals surface area (Å²) in [7, 11) is 1.70. The number of hydrogen-bond donors (Lipinski definition) is 0. The number of ether oxygens (including phenoxy) is 1. The number of amides is 1. The van der Waals surface area contributed by atoms with E-state index in [9.17, 15) is 4.79 Å². The molecule has 1 aromatic rings. The fraction of sp³-hybridized carbons (Fsp3) is 0.562. The fourth-order valence-electron chi connectivity index (χ4n) is 2.96. The SMILES string of the molecule is COc1cc(N2CCN(C(C)=O)C(C)(C)C2)ccc1C. The minimum absolute atomic E-state index is 0.149. The Kier molecular flexibility index (Phi) is 3.93. The van der Waals surface area contributed by atoms with Crippen molar-refractivity contribution in [1.29, 1.82) is 0 Å². The van der Waals surface area contributed by atoms with Gasteiger partial charge in [-0.2, -0.15) is 0 Å². The van der Waals surface area contributed by atoms with Crippen LogP contribution in [0.3, 0.4) is 0 Å². The third kappa shape index (κ3) is 2.74. The number of nitrogens with zero attached hydrogens (tertiary/aromatic N) is 2. The molecule has 0 N–H and O–H groups in total. The summed E-state index contributed by atoms with van der Waals surface area (Å²) in [6, 6.07) is 6.28. The lowest BCUT2D eigenvalue weighted by Gasteiger charge is -2.47. The van der Waals surface area contributed by atoms with Crippen molar-refractivity contribution in [2.45, 2.75) is 33.2 Å². The third-order valence-electron chi connectivity index (χ3n) is 4.04. The van der Waals surface area contributed by atoms with Gasteiger partial charge >= 0.3 is 0 Å². The Balaban J connectivity index is 2.22. The lowest BCUT2D eigenvalue weighted by atomic mass is 9.98. The molecule has 1 amide bonds. The van der Waals surface area contributed by atoms with Gasteiger partial charge in [-0.15, -0.1) is 0 Å². The largest absolute Gasteiger partial charge is 0.496 e. The zero-order valence-electron chi connectivity index (χ0n) is 13.1. The van der Waals surface area contributed by atoms with Gasteiger partial charge < -0.3 is 14.5 Å². The Hall–Kier alpha value is -1.71. The van der Waals surface area contributed by atoms with Crippen LogP contribution in [0.4, 0.5) is 5.69 Å². The zero-order valence-corrected chi connectivity index (χ0v) is 13.1. The summed E-state index contributed by atoms with van der Waals surface area (Å²) in [6.07, 6.45) is 0. The minimum Gasteiger partial charge on any atom is -0.496 e. The number of carbonyl (C=O) groups excluding carboxylic acids is 1.